The Balaban J connectivity index is 1.73. The maximum absolute atomic E-state index is 13.9. The van der Waals surface area contributed by atoms with Gasteiger partial charge in [0.15, 0.2) is 0 Å². The Morgan fingerprint density at radius 3 is 2.02 bits per heavy atom. The Labute approximate surface area is 258 Å². The molecule has 0 radical (unpaired) electrons. The molecular formula is C35H42O9. The van der Waals surface area contributed by atoms with Crippen LogP contribution < -0.4 is 0 Å². The molecule has 2 spiro atoms. The first-order valence-corrected chi connectivity index (χ1v) is 15.2. The van der Waals surface area contributed by atoms with E-state index >= 15 is 0 Å². The third-order valence-electron chi connectivity index (χ3n) is 11.4. The van der Waals surface area contributed by atoms with Crippen LogP contribution in [0.25, 0.3) is 6.08 Å². The summed E-state index contributed by atoms with van der Waals surface area (Å²) in [6.07, 6.45) is 0.113. The molecule has 0 aromatic heterocycles. The molecule has 44 heavy (non-hydrogen) atoms. The molecule has 1 unspecified atom stereocenters. The maximum atomic E-state index is 13.9. The minimum Gasteiger partial charge on any atom is -0.461 e. The van der Waals surface area contributed by atoms with E-state index < -0.39 is 81.8 Å². The summed E-state index contributed by atoms with van der Waals surface area (Å²) >= 11 is 0. The normalized spacial score (nSPS) is 38.4. The van der Waals surface area contributed by atoms with Crippen LogP contribution in [0.2, 0.25) is 0 Å². The minimum absolute atomic E-state index is 0.0657. The molecule has 2 bridgehead atoms. The average molecular weight is 607 g/mol. The third-order valence-corrected chi connectivity index (χ3v) is 11.4. The van der Waals surface area contributed by atoms with Gasteiger partial charge in [-0.15, -0.1) is 0 Å². The van der Waals surface area contributed by atoms with Crippen molar-refractivity contribution in [1.82, 2.24) is 0 Å². The van der Waals surface area contributed by atoms with Crippen LogP contribution in [0.1, 0.15) is 73.3 Å². The van der Waals surface area contributed by atoms with Gasteiger partial charge in [-0.25, -0.2) is 4.79 Å². The van der Waals surface area contributed by atoms with Crippen LogP contribution in [-0.4, -0.2) is 54.1 Å². The van der Waals surface area contributed by atoms with E-state index in [0.717, 1.165) is 5.56 Å². The lowest BCUT2D eigenvalue weighted by atomic mass is 9.42. The van der Waals surface area contributed by atoms with Crippen LogP contribution >= 0.6 is 0 Å². The molecular weight excluding hydrogens is 564 g/mol. The predicted octanol–water partition coefficient (Wildman–Crippen LogP) is 5.01. The van der Waals surface area contributed by atoms with E-state index in [0.29, 0.717) is 18.4 Å². The highest BCUT2D eigenvalue weighted by Crippen LogP contribution is 2.86. The molecule has 9 atom stereocenters. The van der Waals surface area contributed by atoms with Gasteiger partial charge in [0.05, 0.1) is 5.41 Å². The summed E-state index contributed by atoms with van der Waals surface area (Å²) in [5, 5.41) is 0. The molecule has 4 saturated carbocycles. The van der Waals surface area contributed by atoms with Gasteiger partial charge >= 0.3 is 23.9 Å². The van der Waals surface area contributed by atoms with Gasteiger partial charge in [0, 0.05) is 55.9 Å². The van der Waals surface area contributed by atoms with Gasteiger partial charge in [0.2, 0.25) is 0 Å². The summed E-state index contributed by atoms with van der Waals surface area (Å²) in [6.45, 7) is 16.2. The number of rotatable bonds is 6. The van der Waals surface area contributed by atoms with E-state index in [1.165, 1.54) is 26.8 Å². The molecule has 9 nitrogen and oxygen atoms in total. The second-order valence-electron chi connectivity index (χ2n) is 13.6. The summed E-state index contributed by atoms with van der Waals surface area (Å²) in [5.41, 5.74) is -2.97. The highest BCUT2D eigenvalue weighted by molar-refractivity contribution is 5.88. The third kappa shape index (κ3) is 4.07. The number of benzene rings is 1. The van der Waals surface area contributed by atoms with E-state index in [2.05, 4.69) is 6.58 Å². The van der Waals surface area contributed by atoms with Crippen molar-refractivity contribution in [2.75, 3.05) is 0 Å². The predicted molar refractivity (Wildman–Crippen MR) is 159 cm³/mol. The molecule has 4 aliphatic rings. The van der Waals surface area contributed by atoms with Crippen LogP contribution in [0.4, 0.5) is 0 Å². The zero-order chi connectivity index (χ0) is 32.4. The largest absolute Gasteiger partial charge is 0.461 e. The SMILES string of the molecule is C=C1[C@@H](OC(=O)/C=C/c2ccccc2)CC[C@@]2(C)[C@@H](OC(C)=O)[C@H](OC(C)=O)C34[C@H](C)C(=O)C[C@@H]([C@@H](OC(C)=O)[C@]132)C4(C)C. The lowest BCUT2D eigenvalue weighted by Crippen LogP contribution is -2.63. The van der Waals surface area contributed by atoms with Gasteiger partial charge in [-0.05, 0) is 35.5 Å². The fraction of sp³-hybridized carbons (Fsp3) is 0.571. The molecule has 0 aliphatic heterocycles. The number of ketones is 1. The molecule has 236 valence electrons. The Morgan fingerprint density at radius 1 is 0.864 bits per heavy atom. The molecule has 4 fully saturated rings. The van der Waals surface area contributed by atoms with E-state index in [1.54, 1.807) is 6.08 Å². The van der Waals surface area contributed by atoms with Gasteiger partial charge in [0.25, 0.3) is 0 Å². The molecule has 0 heterocycles. The first kappa shape index (κ1) is 31.7. The van der Waals surface area contributed by atoms with Gasteiger partial charge in [0.1, 0.15) is 30.2 Å². The lowest BCUT2D eigenvalue weighted by molar-refractivity contribution is -0.194. The first-order valence-electron chi connectivity index (χ1n) is 15.2. The summed E-state index contributed by atoms with van der Waals surface area (Å²) < 4.78 is 24.5. The van der Waals surface area contributed by atoms with Crippen LogP contribution in [0, 0.1) is 33.5 Å². The zero-order valence-corrected chi connectivity index (χ0v) is 26.5. The highest BCUT2D eigenvalue weighted by atomic mass is 16.6. The van der Waals surface area contributed by atoms with Crippen molar-refractivity contribution in [2.24, 2.45) is 33.5 Å². The first-order chi connectivity index (χ1) is 20.6. The van der Waals surface area contributed by atoms with Crippen molar-refractivity contribution in [2.45, 2.75) is 92.1 Å². The maximum Gasteiger partial charge on any atom is 0.331 e. The fourth-order valence-corrected chi connectivity index (χ4v) is 10.2. The second kappa shape index (κ2) is 10.7. The Kier molecular flexibility index (Phi) is 7.70. The molecule has 1 aromatic carbocycles. The van der Waals surface area contributed by atoms with Crippen molar-refractivity contribution in [3.63, 3.8) is 0 Å². The quantitative estimate of drug-likeness (QED) is 0.190. The number of ether oxygens (including phenoxy) is 4. The Morgan fingerprint density at radius 2 is 1.43 bits per heavy atom. The number of hydrogen-bond acceptors (Lipinski definition) is 9. The Bertz CT molecular complexity index is 1440. The van der Waals surface area contributed by atoms with E-state index in [1.807, 2.05) is 58.0 Å². The fourth-order valence-electron chi connectivity index (χ4n) is 10.2. The summed E-state index contributed by atoms with van der Waals surface area (Å²) in [6, 6.07) is 9.34. The van der Waals surface area contributed by atoms with Crippen molar-refractivity contribution in [3.05, 3.63) is 54.1 Å². The Hall–Kier alpha value is -3.75. The monoisotopic (exact) mass is 606 g/mol. The molecule has 4 aliphatic carbocycles. The van der Waals surface area contributed by atoms with Gasteiger partial charge in [-0.1, -0.05) is 64.6 Å². The number of Topliss-reactive ketones (excluding diaryl/α,β-unsaturated/α-hetero) is 1. The number of carbonyl (C=O) groups is 5. The lowest BCUT2D eigenvalue weighted by Gasteiger charge is -2.60. The van der Waals surface area contributed by atoms with Crippen LogP contribution in [0.15, 0.2) is 48.6 Å². The topological polar surface area (TPSA) is 122 Å². The molecule has 5 rings (SSSR count). The highest BCUT2D eigenvalue weighted by Gasteiger charge is 2.92. The van der Waals surface area contributed by atoms with E-state index in [4.69, 9.17) is 18.9 Å². The van der Waals surface area contributed by atoms with E-state index in [-0.39, 0.29) is 12.2 Å². The standard InChI is InChI=1S/C35H42O9/c1-19-26(39)18-25-29(41-21(3)36)35-20(2)27(44-28(40)15-14-24-12-10-9-11-13-24)16-17-33(35,8)30(42-22(4)37)31(43-23(5)38)34(19,35)32(25,6)7/h9-15,19,25,27,29-31H,2,16-18H2,1,3-8H3/b15-14+/t19-,25+,27+,29-,30+,31+,33+,34?,35+/m1/s1. The van der Waals surface area contributed by atoms with E-state index in [9.17, 15) is 24.0 Å². The van der Waals surface area contributed by atoms with Gasteiger partial charge < -0.3 is 18.9 Å². The van der Waals surface area contributed by atoms with Crippen molar-refractivity contribution >= 4 is 35.7 Å². The minimum atomic E-state index is -1.27. The molecule has 0 N–H and O–H groups in total. The van der Waals surface area contributed by atoms with Crippen LogP contribution in [0.5, 0.6) is 0 Å². The van der Waals surface area contributed by atoms with Crippen LogP contribution in [0.3, 0.4) is 0 Å². The number of esters is 4. The molecule has 0 saturated heterocycles. The van der Waals surface area contributed by atoms with Crippen molar-refractivity contribution in [3.8, 4) is 0 Å². The summed E-state index contributed by atoms with van der Waals surface area (Å²) in [4.78, 5) is 65.4. The zero-order valence-electron chi connectivity index (χ0n) is 26.5. The van der Waals surface area contributed by atoms with Gasteiger partial charge in [-0.3, -0.25) is 19.2 Å². The van der Waals surface area contributed by atoms with Crippen molar-refractivity contribution in [1.29, 1.82) is 0 Å². The summed E-state index contributed by atoms with van der Waals surface area (Å²) in [5.74, 6) is -3.51. The smallest absolute Gasteiger partial charge is 0.331 e. The van der Waals surface area contributed by atoms with Crippen molar-refractivity contribution < 1.29 is 42.9 Å². The molecule has 0 amide bonds. The molecule has 1 aromatic rings. The number of hydrogen-bond donors (Lipinski definition) is 0. The second-order valence-corrected chi connectivity index (χ2v) is 13.6. The number of fused-ring (bicyclic) bond motifs is 1. The van der Waals surface area contributed by atoms with Gasteiger partial charge in [-0.2, -0.15) is 0 Å². The number of carbonyl (C=O) groups excluding carboxylic acids is 5. The summed E-state index contributed by atoms with van der Waals surface area (Å²) in [7, 11) is 0. The van der Waals surface area contributed by atoms with Crippen LogP contribution in [-0.2, 0) is 42.9 Å². The molecule has 9 heteroatoms. The average Bonchev–Trinajstić information content (AvgIpc) is 3.18.